The molecule has 3 rings (SSSR count). The van der Waals surface area contributed by atoms with Crippen molar-refractivity contribution in [2.45, 2.75) is 71.4 Å². The summed E-state index contributed by atoms with van der Waals surface area (Å²) in [6, 6.07) is 0. The van der Waals surface area contributed by atoms with Gasteiger partial charge in [-0.15, -0.1) is 0 Å². The standard InChI is InChI=1S/C17H26N4O/c1-4-9-21-13(10-17(2,3)22)14-11-7-5-6-8-12(11)19-16(18)15(14)20-21/h22H,4-10H2,1-3H3,(H2,18,19). The van der Waals surface area contributed by atoms with Crippen molar-refractivity contribution < 1.29 is 5.11 Å². The summed E-state index contributed by atoms with van der Waals surface area (Å²) in [5, 5.41) is 16.2. The highest BCUT2D eigenvalue weighted by atomic mass is 16.3. The van der Waals surface area contributed by atoms with Crippen molar-refractivity contribution in [3.8, 4) is 0 Å². The van der Waals surface area contributed by atoms with Crippen LogP contribution in [0.2, 0.25) is 0 Å². The van der Waals surface area contributed by atoms with E-state index in [9.17, 15) is 5.11 Å². The lowest BCUT2D eigenvalue weighted by Gasteiger charge is -2.21. The van der Waals surface area contributed by atoms with Gasteiger partial charge in [-0.2, -0.15) is 5.10 Å². The molecule has 2 aromatic heterocycles. The Hall–Kier alpha value is -1.62. The van der Waals surface area contributed by atoms with Crippen LogP contribution in [-0.2, 0) is 25.8 Å². The van der Waals surface area contributed by atoms with Gasteiger partial charge in [-0.1, -0.05) is 6.92 Å². The molecule has 0 aliphatic heterocycles. The van der Waals surface area contributed by atoms with Crippen LogP contribution < -0.4 is 5.73 Å². The minimum Gasteiger partial charge on any atom is -0.390 e. The van der Waals surface area contributed by atoms with Crippen molar-refractivity contribution in [1.29, 1.82) is 0 Å². The first-order chi connectivity index (χ1) is 10.4. The van der Waals surface area contributed by atoms with Crippen molar-refractivity contribution in [3.05, 3.63) is 17.0 Å². The Morgan fingerprint density at radius 3 is 2.68 bits per heavy atom. The zero-order chi connectivity index (χ0) is 15.9. The van der Waals surface area contributed by atoms with Gasteiger partial charge >= 0.3 is 0 Å². The van der Waals surface area contributed by atoms with Gasteiger partial charge in [0.05, 0.1) is 5.60 Å². The molecule has 0 radical (unpaired) electrons. The Bertz CT molecular complexity index is 697. The number of hydrogen-bond acceptors (Lipinski definition) is 4. The van der Waals surface area contributed by atoms with Crippen LogP contribution in [0, 0.1) is 0 Å². The summed E-state index contributed by atoms with van der Waals surface area (Å²) in [4.78, 5) is 4.59. The molecule has 0 spiro atoms. The highest BCUT2D eigenvalue weighted by Gasteiger charge is 2.26. The van der Waals surface area contributed by atoms with Crippen LogP contribution in [0.15, 0.2) is 0 Å². The highest BCUT2D eigenvalue weighted by molar-refractivity contribution is 5.93. The van der Waals surface area contributed by atoms with Crippen LogP contribution in [0.3, 0.4) is 0 Å². The predicted molar refractivity (Wildman–Crippen MR) is 88.9 cm³/mol. The number of anilines is 1. The monoisotopic (exact) mass is 302 g/mol. The second-order valence-corrected chi connectivity index (χ2v) is 7.01. The van der Waals surface area contributed by atoms with Crippen LogP contribution in [0.1, 0.15) is 57.0 Å². The summed E-state index contributed by atoms with van der Waals surface area (Å²) < 4.78 is 2.02. The Balaban J connectivity index is 2.27. The fourth-order valence-corrected chi connectivity index (χ4v) is 3.46. The molecule has 0 bridgehead atoms. The van der Waals surface area contributed by atoms with E-state index in [0.29, 0.717) is 12.2 Å². The van der Waals surface area contributed by atoms with Gasteiger partial charge in [0.15, 0.2) is 5.82 Å². The van der Waals surface area contributed by atoms with E-state index in [-0.39, 0.29) is 0 Å². The van der Waals surface area contributed by atoms with Gasteiger partial charge in [0.1, 0.15) is 5.52 Å². The van der Waals surface area contributed by atoms with Crippen LogP contribution in [0.5, 0.6) is 0 Å². The van der Waals surface area contributed by atoms with Gasteiger partial charge in [0, 0.05) is 29.7 Å². The molecule has 5 nitrogen and oxygen atoms in total. The molecular formula is C17H26N4O. The summed E-state index contributed by atoms with van der Waals surface area (Å²) in [7, 11) is 0. The number of aryl methyl sites for hydroxylation is 3. The van der Waals surface area contributed by atoms with Crippen LogP contribution in [0.4, 0.5) is 5.82 Å². The first kappa shape index (κ1) is 15.3. The zero-order valence-corrected chi connectivity index (χ0v) is 13.8. The minimum atomic E-state index is -0.766. The zero-order valence-electron chi connectivity index (χ0n) is 13.8. The molecule has 0 amide bonds. The quantitative estimate of drug-likeness (QED) is 0.910. The average molecular weight is 302 g/mol. The lowest BCUT2D eigenvalue weighted by atomic mass is 9.90. The smallest absolute Gasteiger partial charge is 0.152 e. The normalized spacial score (nSPS) is 15.3. The Morgan fingerprint density at radius 1 is 1.27 bits per heavy atom. The molecule has 0 fully saturated rings. The number of nitrogen functional groups attached to an aromatic ring is 1. The van der Waals surface area contributed by atoms with Crippen LogP contribution in [-0.4, -0.2) is 25.5 Å². The van der Waals surface area contributed by atoms with E-state index in [4.69, 9.17) is 10.8 Å². The van der Waals surface area contributed by atoms with E-state index >= 15 is 0 Å². The van der Waals surface area contributed by atoms with Gasteiger partial charge in [-0.05, 0) is 51.5 Å². The molecule has 2 heterocycles. The Kier molecular flexibility index (Phi) is 3.85. The molecule has 2 aromatic rings. The van der Waals surface area contributed by atoms with Crippen LogP contribution in [0.25, 0.3) is 10.9 Å². The number of hydrogen-bond donors (Lipinski definition) is 2. The first-order valence-electron chi connectivity index (χ1n) is 8.29. The number of pyridine rings is 1. The molecule has 5 heteroatoms. The van der Waals surface area contributed by atoms with Gasteiger partial charge in [-0.25, -0.2) is 4.98 Å². The summed E-state index contributed by atoms with van der Waals surface area (Å²) in [5.41, 5.74) is 9.76. The van der Waals surface area contributed by atoms with E-state index in [1.54, 1.807) is 0 Å². The molecule has 0 unspecified atom stereocenters. The lowest BCUT2D eigenvalue weighted by Crippen LogP contribution is -2.24. The number of aromatic nitrogens is 3. The first-order valence-corrected chi connectivity index (χ1v) is 8.29. The van der Waals surface area contributed by atoms with Crippen molar-refractivity contribution in [2.75, 3.05) is 5.73 Å². The molecule has 1 aliphatic carbocycles. The summed E-state index contributed by atoms with van der Waals surface area (Å²) in [6.07, 6.45) is 5.98. The Labute approximate surface area is 131 Å². The maximum Gasteiger partial charge on any atom is 0.152 e. The molecule has 0 saturated heterocycles. The molecule has 120 valence electrons. The second kappa shape index (κ2) is 5.54. The number of nitrogens with two attached hydrogens (primary N) is 1. The van der Waals surface area contributed by atoms with E-state index < -0.39 is 5.60 Å². The molecular weight excluding hydrogens is 276 g/mol. The van der Waals surface area contributed by atoms with Crippen molar-refractivity contribution in [3.63, 3.8) is 0 Å². The van der Waals surface area contributed by atoms with Crippen molar-refractivity contribution >= 4 is 16.7 Å². The third-order valence-electron chi connectivity index (χ3n) is 4.33. The number of fused-ring (bicyclic) bond motifs is 3. The average Bonchev–Trinajstić information content (AvgIpc) is 2.77. The lowest BCUT2D eigenvalue weighted by molar-refractivity contribution is 0.0789. The second-order valence-electron chi connectivity index (χ2n) is 7.01. The number of aliphatic hydroxyl groups is 1. The third-order valence-corrected chi connectivity index (χ3v) is 4.33. The maximum atomic E-state index is 10.3. The summed E-state index contributed by atoms with van der Waals surface area (Å²) in [5.74, 6) is 0.530. The molecule has 3 N–H and O–H groups in total. The predicted octanol–water partition coefficient (Wildman–Crippen LogP) is 2.62. The van der Waals surface area contributed by atoms with E-state index in [1.807, 2.05) is 18.5 Å². The summed E-state index contributed by atoms with van der Waals surface area (Å²) >= 11 is 0. The van der Waals surface area contributed by atoms with Gasteiger partial charge in [-0.3, -0.25) is 4.68 Å². The number of nitrogens with zero attached hydrogens (tertiary/aromatic N) is 3. The fourth-order valence-electron chi connectivity index (χ4n) is 3.46. The third kappa shape index (κ3) is 2.70. The molecule has 0 saturated carbocycles. The van der Waals surface area contributed by atoms with Crippen LogP contribution >= 0.6 is 0 Å². The molecule has 0 aromatic carbocycles. The number of rotatable bonds is 4. The SMILES string of the molecule is CCCn1nc2c(N)nc3c(c2c1CC(C)(C)O)CCCC3. The molecule has 22 heavy (non-hydrogen) atoms. The van der Waals surface area contributed by atoms with Gasteiger partial charge in [0.25, 0.3) is 0 Å². The largest absolute Gasteiger partial charge is 0.390 e. The molecule has 0 atom stereocenters. The van der Waals surface area contributed by atoms with E-state index in [1.165, 1.54) is 18.4 Å². The van der Waals surface area contributed by atoms with E-state index in [2.05, 4.69) is 11.9 Å². The topological polar surface area (TPSA) is 77.0 Å². The van der Waals surface area contributed by atoms with Crippen molar-refractivity contribution in [2.24, 2.45) is 0 Å². The minimum absolute atomic E-state index is 0.530. The summed E-state index contributed by atoms with van der Waals surface area (Å²) in [6.45, 7) is 6.67. The Morgan fingerprint density at radius 2 is 2.00 bits per heavy atom. The van der Waals surface area contributed by atoms with Crippen molar-refractivity contribution in [1.82, 2.24) is 14.8 Å². The van der Waals surface area contributed by atoms with E-state index in [0.717, 1.165) is 48.1 Å². The highest BCUT2D eigenvalue weighted by Crippen LogP contribution is 2.34. The van der Waals surface area contributed by atoms with Gasteiger partial charge < -0.3 is 10.8 Å². The van der Waals surface area contributed by atoms with Gasteiger partial charge in [0.2, 0.25) is 0 Å². The molecule has 1 aliphatic rings. The fraction of sp³-hybridized carbons (Fsp3) is 0.647. The maximum absolute atomic E-state index is 10.3.